The Hall–Kier alpha value is -3.34. The normalized spacial score (nSPS) is 11.3. The fourth-order valence-corrected chi connectivity index (χ4v) is 3.15. The second-order valence-corrected chi connectivity index (χ2v) is 7.93. The van der Waals surface area contributed by atoms with Crippen LogP contribution in [0.15, 0.2) is 66.7 Å². The third-order valence-electron chi connectivity index (χ3n) is 4.42. The van der Waals surface area contributed by atoms with Crippen molar-refractivity contribution in [2.45, 2.75) is 39.2 Å². The van der Waals surface area contributed by atoms with Crippen LogP contribution >= 0.6 is 0 Å². The molecule has 3 rings (SSSR count). The van der Waals surface area contributed by atoms with Crippen LogP contribution < -0.4 is 5.73 Å². The summed E-state index contributed by atoms with van der Waals surface area (Å²) < 4.78 is 7.53. The average Bonchev–Trinajstić information content (AvgIpc) is 3.10. The van der Waals surface area contributed by atoms with E-state index < -0.39 is 5.60 Å². The van der Waals surface area contributed by atoms with Gasteiger partial charge in [0.05, 0.1) is 11.3 Å². The molecule has 1 aromatic heterocycles. The Labute approximate surface area is 171 Å². The number of hydrogen-bond acceptors (Lipinski definition) is 3. The lowest BCUT2D eigenvalue weighted by Gasteiger charge is -2.20. The molecule has 0 bridgehead atoms. The first-order valence-corrected chi connectivity index (χ1v) is 9.63. The standard InChI is InChI=1S/C24H26N2O3/c1-24(2,3)29-23(28)18-9-11-19(12-10-18)26-20(14-16-22(25)27)13-15-21(26)17-7-5-4-6-8-17/h4-13,15H,14,16H2,1-3H3,(H2,25,27). The number of carbonyl (C=O) groups is 2. The Bertz CT molecular complexity index is 997. The van der Waals surface area contributed by atoms with Crippen LogP contribution in [0.2, 0.25) is 0 Å². The number of aryl methyl sites for hydroxylation is 1. The Morgan fingerprint density at radius 2 is 1.59 bits per heavy atom. The number of aromatic nitrogens is 1. The van der Waals surface area contributed by atoms with Crippen molar-refractivity contribution in [1.82, 2.24) is 4.57 Å². The number of primary amides is 1. The fourth-order valence-electron chi connectivity index (χ4n) is 3.15. The lowest BCUT2D eigenvalue weighted by Crippen LogP contribution is -2.23. The Morgan fingerprint density at radius 1 is 0.931 bits per heavy atom. The number of nitrogens with zero attached hydrogens (tertiary/aromatic N) is 1. The van der Waals surface area contributed by atoms with Crippen LogP contribution in [-0.2, 0) is 16.0 Å². The third kappa shape index (κ3) is 5.13. The quantitative estimate of drug-likeness (QED) is 0.629. The predicted molar refractivity (Wildman–Crippen MR) is 114 cm³/mol. The SMILES string of the molecule is CC(C)(C)OC(=O)c1ccc(-n2c(CCC(N)=O)ccc2-c2ccccc2)cc1. The molecular formula is C24H26N2O3. The summed E-state index contributed by atoms with van der Waals surface area (Å²) in [5, 5.41) is 0. The number of esters is 1. The van der Waals surface area contributed by atoms with Crippen molar-refractivity contribution in [1.29, 1.82) is 0 Å². The van der Waals surface area contributed by atoms with Crippen molar-refractivity contribution in [3.8, 4) is 16.9 Å². The van der Waals surface area contributed by atoms with E-state index in [1.807, 2.05) is 75.4 Å². The molecule has 1 amide bonds. The summed E-state index contributed by atoms with van der Waals surface area (Å²) in [6.45, 7) is 5.53. The van der Waals surface area contributed by atoms with Gasteiger partial charge in [0.15, 0.2) is 0 Å². The van der Waals surface area contributed by atoms with Crippen LogP contribution in [0.4, 0.5) is 0 Å². The van der Waals surface area contributed by atoms with Crippen LogP contribution in [0, 0.1) is 0 Å². The van der Waals surface area contributed by atoms with E-state index in [-0.39, 0.29) is 18.3 Å². The molecule has 150 valence electrons. The number of ether oxygens (including phenoxy) is 1. The van der Waals surface area contributed by atoms with Gasteiger partial charge in [-0.3, -0.25) is 4.79 Å². The molecule has 0 unspecified atom stereocenters. The molecule has 0 saturated heterocycles. The van der Waals surface area contributed by atoms with E-state index in [1.54, 1.807) is 12.1 Å². The van der Waals surface area contributed by atoms with Gasteiger partial charge in [-0.05, 0) is 69.2 Å². The summed E-state index contributed by atoms with van der Waals surface area (Å²) in [5.41, 5.74) is 9.26. The molecule has 0 saturated carbocycles. The first-order valence-electron chi connectivity index (χ1n) is 9.63. The van der Waals surface area contributed by atoms with E-state index in [0.29, 0.717) is 12.0 Å². The molecule has 0 aliphatic heterocycles. The van der Waals surface area contributed by atoms with E-state index in [9.17, 15) is 9.59 Å². The van der Waals surface area contributed by atoms with Crippen molar-refractivity contribution in [3.63, 3.8) is 0 Å². The number of benzene rings is 2. The number of amides is 1. The highest BCUT2D eigenvalue weighted by molar-refractivity contribution is 5.90. The second-order valence-electron chi connectivity index (χ2n) is 7.93. The van der Waals surface area contributed by atoms with Gasteiger partial charge in [0.2, 0.25) is 5.91 Å². The van der Waals surface area contributed by atoms with Gasteiger partial charge < -0.3 is 15.0 Å². The van der Waals surface area contributed by atoms with Crippen molar-refractivity contribution in [3.05, 3.63) is 78.0 Å². The first kappa shape index (κ1) is 20.4. The zero-order valence-electron chi connectivity index (χ0n) is 17.0. The van der Waals surface area contributed by atoms with Gasteiger partial charge >= 0.3 is 5.97 Å². The van der Waals surface area contributed by atoms with Crippen LogP contribution in [0.5, 0.6) is 0 Å². The zero-order chi connectivity index (χ0) is 21.0. The van der Waals surface area contributed by atoms with Crippen molar-refractivity contribution >= 4 is 11.9 Å². The highest BCUT2D eigenvalue weighted by Gasteiger charge is 2.18. The minimum atomic E-state index is -0.543. The number of hydrogen-bond donors (Lipinski definition) is 1. The van der Waals surface area contributed by atoms with Crippen LogP contribution in [0.1, 0.15) is 43.2 Å². The summed E-state index contributed by atoms with van der Waals surface area (Å²) in [6, 6.07) is 21.4. The molecule has 1 heterocycles. The first-order chi connectivity index (χ1) is 13.7. The van der Waals surface area contributed by atoms with Gasteiger partial charge in [0.1, 0.15) is 5.60 Å². The summed E-state index contributed by atoms with van der Waals surface area (Å²) in [7, 11) is 0. The van der Waals surface area contributed by atoms with E-state index in [1.165, 1.54) is 0 Å². The number of nitrogens with two attached hydrogens (primary N) is 1. The molecule has 5 nitrogen and oxygen atoms in total. The maximum Gasteiger partial charge on any atom is 0.338 e. The van der Waals surface area contributed by atoms with Gasteiger partial charge in [-0.2, -0.15) is 0 Å². The summed E-state index contributed by atoms with van der Waals surface area (Å²) in [4.78, 5) is 23.6. The molecule has 0 radical (unpaired) electrons. The van der Waals surface area contributed by atoms with Crippen LogP contribution in [0.3, 0.4) is 0 Å². The molecular weight excluding hydrogens is 364 g/mol. The maximum absolute atomic E-state index is 12.3. The van der Waals surface area contributed by atoms with Gasteiger partial charge in [0.25, 0.3) is 0 Å². The molecule has 29 heavy (non-hydrogen) atoms. The number of rotatable bonds is 6. The molecule has 0 fully saturated rings. The smallest absolute Gasteiger partial charge is 0.338 e. The highest BCUT2D eigenvalue weighted by atomic mass is 16.6. The van der Waals surface area contributed by atoms with Crippen molar-refractivity contribution in [2.75, 3.05) is 0 Å². The maximum atomic E-state index is 12.3. The fraction of sp³-hybridized carbons (Fsp3) is 0.250. The Kier molecular flexibility index (Phi) is 5.87. The Morgan fingerprint density at radius 3 is 2.17 bits per heavy atom. The predicted octanol–water partition coefficient (Wildman–Crippen LogP) is 4.52. The largest absolute Gasteiger partial charge is 0.456 e. The van der Waals surface area contributed by atoms with E-state index in [0.717, 1.165) is 22.6 Å². The summed E-state index contributed by atoms with van der Waals surface area (Å²) in [5.74, 6) is -0.687. The molecule has 0 aliphatic rings. The molecule has 0 spiro atoms. The van der Waals surface area contributed by atoms with Gasteiger partial charge in [-0.15, -0.1) is 0 Å². The van der Waals surface area contributed by atoms with E-state index in [2.05, 4.69) is 4.57 Å². The van der Waals surface area contributed by atoms with Crippen LogP contribution in [-0.4, -0.2) is 22.0 Å². The lowest BCUT2D eigenvalue weighted by atomic mass is 10.1. The molecule has 0 aliphatic carbocycles. The van der Waals surface area contributed by atoms with Gasteiger partial charge in [-0.1, -0.05) is 30.3 Å². The van der Waals surface area contributed by atoms with Gasteiger partial charge in [-0.25, -0.2) is 4.79 Å². The molecule has 3 aromatic rings. The van der Waals surface area contributed by atoms with Gasteiger partial charge in [0, 0.05) is 17.8 Å². The summed E-state index contributed by atoms with van der Waals surface area (Å²) >= 11 is 0. The average molecular weight is 390 g/mol. The minimum Gasteiger partial charge on any atom is -0.456 e. The third-order valence-corrected chi connectivity index (χ3v) is 4.42. The molecule has 5 heteroatoms. The Balaban J connectivity index is 1.98. The zero-order valence-corrected chi connectivity index (χ0v) is 17.0. The topological polar surface area (TPSA) is 74.3 Å². The van der Waals surface area contributed by atoms with E-state index in [4.69, 9.17) is 10.5 Å². The van der Waals surface area contributed by atoms with E-state index >= 15 is 0 Å². The monoisotopic (exact) mass is 390 g/mol. The van der Waals surface area contributed by atoms with Crippen LogP contribution in [0.25, 0.3) is 16.9 Å². The van der Waals surface area contributed by atoms with Crippen molar-refractivity contribution < 1.29 is 14.3 Å². The molecule has 2 N–H and O–H groups in total. The lowest BCUT2D eigenvalue weighted by molar-refractivity contribution is -0.118. The minimum absolute atomic E-state index is 0.272. The number of carbonyl (C=O) groups excluding carboxylic acids is 2. The van der Waals surface area contributed by atoms with Crippen molar-refractivity contribution in [2.24, 2.45) is 5.73 Å². The highest BCUT2D eigenvalue weighted by Crippen LogP contribution is 2.28. The molecule has 0 atom stereocenters. The second kappa shape index (κ2) is 8.35. The molecule has 2 aromatic carbocycles. The summed E-state index contributed by atoms with van der Waals surface area (Å²) in [6.07, 6.45) is 0.810.